The van der Waals surface area contributed by atoms with Crippen molar-refractivity contribution in [2.24, 2.45) is 0 Å². The molecule has 0 radical (unpaired) electrons. The van der Waals surface area contributed by atoms with Crippen LogP contribution in [-0.4, -0.2) is 45.2 Å². The number of nitrogens with one attached hydrogen (secondary N) is 1. The molecule has 1 unspecified atom stereocenters. The van der Waals surface area contributed by atoms with Gasteiger partial charge in [-0.15, -0.1) is 10.2 Å². The highest BCUT2D eigenvalue weighted by Crippen LogP contribution is 2.40. The van der Waals surface area contributed by atoms with Crippen LogP contribution >= 0.6 is 11.8 Å². The van der Waals surface area contributed by atoms with Gasteiger partial charge < -0.3 is 14.6 Å². The lowest BCUT2D eigenvalue weighted by Gasteiger charge is -2.15. The van der Waals surface area contributed by atoms with Gasteiger partial charge in [-0.25, -0.2) is 0 Å². The van der Waals surface area contributed by atoms with E-state index in [1.165, 1.54) is 37.4 Å². The van der Waals surface area contributed by atoms with E-state index in [0.29, 0.717) is 17.7 Å². The monoisotopic (exact) mass is 350 g/mol. The summed E-state index contributed by atoms with van der Waals surface area (Å²) >= 11 is 1.51. The molecule has 7 heteroatoms. The minimum absolute atomic E-state index is 0.117. The third-order valence-electron chi connectivity index (χ3n) is 5.15. The topological polar surface area (TPSA) is 69.0 Å². The van der Waals surface area contributed by atoms with Gasteiger partial charge in [-0.2, -0.15) is 0 Å². The van der Waals surface area contributed by atoms with Crippen molar-refractivity contribution < 1.29 is 9.53 Å². The van der Waals surface area contributed by atoms with Crippen LogP contribution in [0.3, 0.4) is 0 Å². The minimum atomic E-state index is 0.117. The predicted octanol–water partition coefficient (Wildman–Crippen LogP) is 2.49. The van der Waals surface area contributed by atoms with Gasteiger partial charge >= 0.3 is 0 Å². The molecule has 1 aromatic rings. The summed E-state index contributed by atoms with van der Waals surface area (Å²) in [4.78, 5) is 12.2. The third kappa shape index (κ3) is 3.94. The number of hydrogen-bond donors (Lipinski definition) is 1. The Hall–Kier alpha value is -1.08. The standard InChI is InChI=1S/C17H26N4O2S/c22-15(18-13-4-1-2-5-13)11-24-17-20-19-16(12-7-8-12)21(17)10-14-6-3-9-23-14/h12-14H,1-11H2,(H,18,22). The normalized spacial score (nSPS) is 24.6. The highest BCUT2D eigenvalue weighted by molar-refractivity contribution is 7.99. The summed E-state index contributed by atoms with van der Waals surface area (Å²) in [6, 6.07) is 0.380. The summed E-state index contributed by atoms with van der Waals surface area (Å²) in [7, 11) is 0. The molecule has 1 N–H and O–H groups in total. The summed E-state index contributed by atoms with van der Waals surface area (Å²) < 4.78 is 8.00. The van der Waals surface area contributed by atoms with Crippen molar-refractivity contribution in [2.75, 3.05) is 12.4 Å². The smallest absolute Gasteiger partial charge is 0.230 e. The van der Waals surface area contributed by atoms with Gasteiger partial charge in [0.1, 0.15) is 5.82 Å². The number of carbonyl (C=O) groups is 1. The van der Waals surface area contributed by atoms with E-state index in [2.05, 4.69) is 20.1 Å². The molecular formula is C17H26N4O2S. The first-order valence-electron chi connectivity index (χ1n) is 9.26. The van der Waals surface area contributed by atoms with Gasteiger partial charge in [0.15, 0.2) is 5.16 Å². The number of ether oxygens (including phenoxy) is 1. The minimum Gasteiger partial charge on any atom is -0.376 e. The third-order valence-corrected chi connectivity index (χ3v) is 6.12. The Morgan fingerprint density at radius 3 is 2.71 bits per heavy atom. The second-order valence-corrected chi connectivity index (χ2v) is 8.14. The molecule has 4 rings (SSSR count). The molecule has 1 amide bonds. The van der Waals surface area contributed by atoms with Crippen molar-refractivity contribution in [3.8, 4) is 0 Å². The average molecular weight is 350 g/mol. The summed E-state index contributed by atoms with van der Waals surface area (Å²) in [5.74, 6) is 2.18. The Kier molecular flexibility index (Phi) is 5.08. The Morgan fingerprint density at radius 1 is 1.17 bits per heavy atom. The summed E-state index contributed by atoms with van der Waals surface area (Å²) in [5, 5.41) is 12.8. The lowest BCUT2D eigenvalue weighted by atomic mass is 10.2. The number of aromatic nitrogens is 3. The van der Waals surface area contributed by atoms with Crippen LogP contribution in [0.25, 0.3) is 0 Å². The number of nitrogens with zero attached hydrogens (tertiary/aromatic N) is 3. The Labute approximate surface area is 147 Å². The van der Waals surface area contributed by atoms with Crippen LogP contribution < -0.4 is 5.32 Å². The molecule has 132 valence electrons. The molecule has 24 heavy (non-hydrogen) atoms. The van der Waals surface area contributed by atoms with E-state index in [9.17, 15) is 4.79 Å². The molecule has 6 nitrogen and oxygen atoms in total. The first kappa shape index (κ1) is 16.4. The van der Waals surface area contributed by atoms with Crippen LogP contribution in [0.15, 0.2) is 5.16 Å². The fraction of sp³-hybridized carbons (Fsp3) is 0.824. The van der Waals surface area contributed by atoms with Crippen molar-refractivity contribution in [3.05, 3.63) is 5.82 Å². The largest absolute Gasteiger partial charge is 0.376 e. The van der Waals surface area contributed by atoms with Gasteiger partial charge in [0.25, 0.3) is 0 Å². The maximum Gasteiger partial charge on any atom is 0.230 e. The first-order valence-corrected chi connectivity index (χ1v) is 10.2. The number of carbonyl (C=O) groups excluding carboxylic acids is 1. The van der Waals surface area contributed by atoms with E-state index >= 15 is 0 Å². The highest BCUT2D eigenvalue weighted by Gasteiger charge is 2.32. The maximum atomic E-state index is 12.2. The predicted molar refractivity (Wildman–Crippen MR) is 92.1 cm³/mol. The summed E-state index contributed by atoms with van der Waals surface area (Å²) in [5.41, 5.74) is 0. The molecule has 0 spiro atoms. The number of amides is 1. The number of rotatable bonds is 7. The molecule has 0 aromatic carbocycles. The zero-order valence-corrected chi connectivity index (χ0v) is 14.9. The zero-order chi connectivity index (χ0) is 16.4. The number of thioether (sulfide) groups is 1. The van der Waals surface area contributed by atoms with Gasteiger partial charge in [0.05, 0.1) is 18.4 Å². The second-order valence-electron chi connectivity index (χ2n) is 7.20. The molecular weight excluding hydrogens is 324 g/mol. The molecule has 1 aliphatic heterocycles. The van der Waals surface area contributed by atoms with Gasteiger partial charge in [-0.05, 0) is 38.5 Å². The van der Waals surface area contributed by atoms with Crippen molar-refractivity contribution in [2.45, 2.75) is 81.1 Å². The molecule has 1 saturated heterocycles. The Morgan fingerprint density at radius 2 is 2.00 bits per heavy atom. The molecule has 2 aliphatic carbocycles. The van der Waals surface area contributed by atoms with E-state index in [1.807, 2.05) is 0 Å². The van der Waals surface area contributed by atoms with Gasteiger partial charge in [-0.1, -0.05) is 24.6 Å². The molecule has 2 heterocycles. The molecule has 3 fully saturated rings. The van der Waals surface area contributed by atoms with Crippen molar-refractivity contribution in [1.82, 2.24) is 20.1 Å². The fourth-order valence-corrected chi connectivity index (χ4v) is 4.45. The second kappa shape index (κ2) is 7.44. The SMILES string of the molecule is O=C(CSc1nnc(C2CC2)n1CC1CCCO1)NC1CCCC1. The van der Waals surface area contributed by atoms with E-state index < -0.39 is 0 Å². The quantitative estimate of drug-likeness (QED) is 0.765. The Bertz CT molecular complexity index is 575. The van der Waals surface area contributed by atoms with Gasteiger partial charge in [-0.3, -0.25) is 4.79 Å². The molecule has 0 bridgehead atoms. The van der Waals surface area contributed by atoms with E-state index in [4.69, 9.17) is 4.74 Å². The lowest BCUT2D eigenvalue weighted by Crippen LogP contribution is -2.33. The number of hydrogen-bond acceptors (Lipinski definition) is 5. The van der Waals surface area contributed by atoms with Crippen molar-refractivity contribution in [1.29, 1.82) is 0 Å². The van der Waals surface area contributed by atoms with Crippen molar-refractivity contribution in [3.63, 3.8) is 0 Å². The van der Waals surface area contributed by atoms with Crippen LogP contribution in [-0.2, 0) is 16.1 Å². The molecule has 3 aliphatic rings. The summed E-state index contributed by atoms with van der Waals surface area (Å²) in [6.45, 7) is 1.68. The van der Waals surface area contributed by atoms with Crippen LogP contribution in [0.1, 0.15) is 63.1 Å². The van der Waals surface area contributed by atoms with Gasteiger partial charge in [0.2, 0.25) is 5.91 Å². The van der Waals surface area contributed by atoms with E-state index in [-0.39, 0.29) is 12.0 Å². The fourth-order valence-electron chi connectivity index (χ4n) is 3.68. The maximum absolute atomic E-state index is 12.2. The Balaban J connectivity index is 1.37. The van der Waals surface area contributed by atoms with Gasteiger partial charge in [0, 0.05) is 18.6 Å². The van der Waals surface area contributed by atoms with Crippen LogP contribution in [0.5, 0.6) is 0 Å². The van der Waals surface area contributed by atoms with E-state index in [1.54, 1.807) is 0 Å². The van der Waals surface area contributed by atoms with Crippen LogP contribution in [0.2, 0.25) is 0 Å². The average Bonchev–Trinajstić information content (AvgIpc) is 2.99. The first-order chi connectivity index (χ1) is 11.8. The van der Waals surface area contributed by atoms with E-state index in [0.717, 1.165) is 49.8 Å². The van der Waals surface area contributed by atoms with Crippen LogP contribution in [0, 0.1) is 0 Å². The zero-order valence-electron chi connectivity index (χ0n) is 14.1. The summed E-state index contributed by atoms with van der Waals surface area (Å²) in [6.07, 6.45) is 9.64. The van der Waals surface area contributed by atoms with Crippen molar-refractivity contribution >= 4 is 17.7 Å². The van der Waals surface area contributed by atoms with Crippen LogP contribution in [0.4, 0.5) is 0 Å². The molecule has 1 atom stereocenters. The molecule has 1 aromatic heterocycles. The molecule has 2 saturated carbocycles. The highest BCUT2D eigenvalue weighted by atomic mass is 32.2. The lowest BCUT2D eigenvalue weighted by molar-refractivity contribution is -0.119.